The predicted octanol–water partition coefficient (Wildman–Crippen LogP) is -0.178. The van der Waals surface area contributed by atoms with Crippen molar-refractivity contribution < 1.29 is 9.90 Å². The monoisotopic (exact) mass is 224 g/mol. The molecule has 0 radical (unpaired) electrons. The van der Waals surface area contributed by atoms with Gasteiger partial charge in [0.2, 0.25) is 5.91 Å². The number of nitrogens with zero attached hydrogens (tertiary/aromatic N) is 4. The molecule has 0 saturated carbocycles. The second-order valence-corrected chi connectivity index (χ2v) is 4.32. The highest BCUT2D eigenvalue weighted by Gasteiger charge is 2.43. The van der Waals surface area contributed by atoms with Crippen molar-refractivity contribution in [1.29, 1.82) is 0 Å². The van der Waals surface area contributed by atoms with Crippen LogP contribution < -0.4 is 0 Å². The van der Waals surface area contributed by atoms with E-state index in [1.165, 1.54) is 17.3 Å². The Kier molecular flexibility index (Phi) is 2.67. The zero-order valence-electron chi connectivity index (χ0n) is 9.50. The molecule has 0 spiro atoms. The van der Waals surface area contributed by atoms with Crippen molar-refractivity contribution in [3.8, 4) is 0 Å². The molecule has 16 heavy (non-hydrogen) atoms. The van der Waals surface area contributed by atoms with Gasteiger partial charge in [-0.15, -0.1) is 0 Å². The molecule has 1 unspecified atom stereocenters. The number of aromatic nitrogens is 3. The van der Waals surface area contributed by atoms with E-state index in [1.54, 1.807) is 11.8 Å². The highest BCUT2D eigenvalue weighted by molar-refractivity contribution is 5.81. The zero-order valence-corrected chi connectivity index (χ0v) is 9.50. The number of rotatable bonds is 3. The Labute approximate surface area is 93.9 Å². The molecule has 1 saturated heterocycles. The summed E-state index contributed by atoms with van der Waals surface area (Å²) in [5, 5.41) is 13.8. The van der Waals surface area contributed by atoms with Crippen LogP contribution in [0.25, 0.3) is 0 Å². The normalized spacial score (nSPS) is 20.3. The van der Waals surface area contributed by atoms with Crippen molar-refractivity contribution >= 4 is 5.91 Å². The van der Waals surface area contributed by atoms with Crippen molar-refractivity contribution in [2.24, 2.45) is 0 Å². The molecule has 1 atom stereocenters. The third kappa shape index (κ3) is 1.80. The van der Waals surface area contributed by atoms with E-state index in [1.807, 2.05) is 6.92 Å². The van der Waals surface area contributed by atoms with E-state index in [2.05, 4.69) is 10.1 Å². The van der Waals surface area contributed by atoms with E-state index in [9.17, 15) is 9.90 Å². The average molecular weight is 224 g/mol. The quantitative estimate of drug-likeness (QED) is 0.773. The summed E-state index contributed by atoms with van der Waals surface area (Å²) >= 11 is 0. The van der Waals surface area contributed by atoms with Crippen LogP contribution in [0.5, 0.6) is 0 Å². The fourth-order valence-electron chi connectivity index (χ4n) is 1.84. The van der Waals surface area contributed by atoms with Gasteiger partial charge in [-0.3, -0.25) is 4.79 Å². The van der Waals surface area contributed by atoms with Gasteiger partial charge < -0.3 is 10.0 Å². The zero-order chi connectivity index (χ0) is 11.8. The summed E-state index contributed by atoms with van der Waals surface area (Å²) in [7, 11) is 0. The Morgan fingerprint density at radius 2 is 2.31 bits per heavy atom. The molecule has 1 aromatic rings. The molecule has 0 aromatic carbocycles. The summed E-state index contributed by atoms with van der Waals surface area (Å²) in [4.78, 5) is 17.4. The summed E-state index contributed by atoms with van der Waals surface area (Å²) in [6, 6.07) is -0.357. The van der Waals surface area contributed by atoms with E-state index in [0.717, 1.165) is 0 Å². The van der Waals surface area contributed by atoms with Gasteiger partial charge in [-0.1, -0.05) is 6.92 Å². The standard InChI is InChI=1S/C10H16N4O2/c1-3-10(16)4-13(5-10)9(15)8(2)14-7-11-6-12-14/h6-8,16H,3-5H2,1-2H3. The first-order chi connectivity index (χ1) is 7.56. The molecule has 1 aliphatic heterocycles. The van der Waals surface area contributed by atoms with Crippen LogP contribution in [-0.2, 0) is 4.79 Å². The number of carbonyl (C=O) groups is 1. The third-order valence-corrected chi connectivity index (χ3v) is 3.13. The molecule has 6 heteroatoms. The molecule has 88 valence electrons. The van der Waals surface area contributed by atoms with E-state index in [4.69, 9.17) is 0 Å². The van der Waals surface area contributed by atoms with Crippen LogP contribution in [0, 0.1) is 0 Å². The molecule has 1 N–H and O–H groups in total. The molecule has 0 aliphatic carbocycles. The Bertz CT molecular complexity index is 370. The van der Waals surface area contributed by atoms with Gasteiger partial charge in [-0.05, 0) is 13.3 Å². The lowest BCUT2D eigenvalue weighted by atomic mass is 9.91. The third-order valence-electron chi connectivity index (χ3n) is 3.13. The second-order valence-electron chi connectivity index (χ2n) is 4.32. The molecular weight excluding hydrogens is 208 g/mol. The van der Waals surface area contributed by atoms with Crippen molar-refractivity contribution in [3.05, 3.63) is 12.7 Å². The lowest BCUT2D eigenvalue weighted by Gasteiger charge is -2.46. The highest BCUT2D eigenvalue weighted by atomic mass is 16.3. The molecule has 1 amide bonds. The van der Waals surface area contributed by atoms with Crippen LogP contribution in [-0.4, -0.2) is 49.4 Å². The highest BCUT2D eigenvalue weighted by Crippen LogP contribution is 2.26. The molecule has 1 fully saturated rings. The molecule has 2 heterocycles. The maximum atomic E-state index is 12.0. The van der Waals surface area contributed by atoms with Gasteiger partial charge in [0.25, 0.3) is 0 Å². The Morgan fingerprint density at radius 3 is 2.81 bits per heavy atom. The van der Waals surface area contributed by atoms with Gasteiger partial charge in [-0.25, -0.2) is 9.67 Å². The van der Waals surface area contributed by atoms with Gasteiger partial charge in [0.05, 0.1) is 18.7 Å². The minimum Gasteiger partial charge on any atom is -0.386 e. The molecule has 1 aliphatic rings. The number of β-amino-alcohol motifs (C(OH)–C–C–N with tert-alkyl or cyclic N) is 1. The van der Waals surface area contributed by atoms with E-state index >= 15 is 0 Å². The SMILES string of the molecule is CCC1(O)CN(C(=O)C(C)n2cncn2)C1. The van der Waals surface area contributed by atoms with Crippen LogP contribution >= 0.6 is 0 Å². The lowest BCUT2D eigenvalue weighted by Crippen LogP contribution is -2.64. The first kappa shape index (κ1) is 11.1. The van der Waals surface area contributed by atoms with E-state index in [-0.39, 0.29) is 11.9 Å². The summed E-state index contributed by atoms with van der Waals surface area (Å²) in [5.41, 5.74) is -0.683. The number of amides is 1. The van der Waals surface area contributed by atoms with Crippen LogP contribution in [0.15, 0.2) is 12.7 Å². The van der Waals surface area contributed by atoms with Crippen LogP contribution in [0.3, 0.4) is 0 Å². The van der Waals surface area contributed by atoms with Gasteiger partial charge in [0.1, 0.15) is 18.7 Å². The van der Waals surface area contributed by atoms with Gasteiger partial charge in [0.15, 0.2) is 0 Å². The lowest BCUT2D eigenvalue weighted by molar-refractivity contribution is -0.159. The first-order valence-electron chi connectivity index (χ1n) is 5.41. The van der Waals surface area contributed by atoms with Crippen molar-refractivity contribution in [1.82, 2.24) is 19.7 Å². The number of likely N-dealkylation sites (tertiary alicyclic amines) is 1. The average Bonchev–Trinajstić information content (AvgIpc) is 2.76. The topological polar surface area (TPSA) is 71.2 Å². The van der Waals surface area contributed by atoms with Crippen LogP contribution in [0.2, 0.25) is 0 Å². The van der Waals surface area contributed by atoms with Crippen LogP contribution in [0.4, 0.5) is 0 Å². The Morgan fingerprint density at radius 1 is 1.62 bits per heavy atom. The largest absolute Gasteiger partial charge is 0.386 e. The Balaban J connectivity index is 1.95. The maximum Gasteiger partial charge on any atom is 0.247 e. The summed E-state index contributed by atoms with van der Waals surface area (Å²) in [6.07, 6.45) is 3.60. The first-order valence-corrected chi connectivity index (χ1v) is 5.41. The van der Waals surface area contributed by atoms with Gasteiger partial charge in [-0.2, -0.15) is 5.10 Å². The van der Waals surface area contributed by atoms with Crippen LogP contribution in [0.1, 0.15) is 26.3 Å². The second kappa shape index (κ2) is 3.86. The number of hydrogen-bond acceptors (Lipinski definition) is 4. The fraction of sp³-hybridized carbons (Fsp3) is 0.700. The van der Waals surface area contributed by atoms with Crippen molar-refractivity contribution in [3.63, 3.8) is 0 Å². The number of carbonyl (C=O) groups excluding carboxylic acids is 1. The number of hydrogen-bond donors (Lipinski definition) is 1. The predicted molar refractivity (Wildman–Crippen MR) is 56.6 cm³/mol. The van der Waals surface area contributed by atoms with E-state index < -0.39 is 5.60 Å². The molecule has 1 aromatic heterocycles. The van der Waals surface area contributed by atoms with E-state index in [0.29, 0.717) is 19.5 Å². The Hall–Kier alpha value is -1.43. The molecule has 6 nitrogen and oxygen atoms in total. The van der Waals surface area contributed by atoms with Crippen molar-refractivity contribution in [2.75, 3.05) is 13.1 Å². The summed E-state index contributed by atoms with van der Waals surface area (Å²) < 4.78 is 1.52. The molecular formula is C10H16N4O2. The maximum absolute atomic E-state index is 12.0. The fourth-order valence-corrected chi connectivity index (χ4v) is 1.84. The van der Waals surface area contributed by atoms with Crippen molar-refractivity contribution in [2.45, 2.75) is 31.9 Å². The minimum absolute atomic E-state index is 0.0244. The minimum atomic E-state index is -0.683. The number of aliphatic hydroxyl groups is 1. The van der Waals surface area contributed by atoms with Gasteiger partial charge in [0, 0.05) is 0 Å². The van der Waals surface area contributed by atoms with Gasteiger partial charge >= 0.3 is 0 Å². The molecule has 2 rings (SSSR count). The molecule has 0 bridgehead atoms. The summed E-state index contributed by atoms with van der Waals surface area (Å²) in [5.74, 6) is -0.0244. The smallest absolute Gasteiger partial charge is 0.247 e. The summed E-state index contributed by atoms with van der Waals surface area (Å²) in [6.45, 7) is 4.53.